The Labute approximate surface area is 158 Å². The van der Waals surface area contributed by atoms with E-state index in [0.29, 0.717) is 6.73 Å². The molecule has 0 atom stereocenters. The largest absolute Gasteiger partial charge is 0.360 e. The molecular formula is C21H31N3OSi. The summed E-state index contributed by atoms with van der Waals surface area (Å²) in [6, 6.07) is 11.5. The van der Waals surface area contributed by atoms with E-state index in [1.165, 1.54) is 0 Å². The lowest BCUT2D eigenvalue weighted by Crippen LogP contribution is -2.24. The third kappa shape index (κ3) is 6.00. The number of anilines is 1. The Morgan fingerprint density at radius 1 is 1.12 bits per heavy atom. The molecule has 140 valence electrons. The van der Waals surface area contributed by atoms with Crippen molar-refractivity contribution >= 4 is 13.9 Å². The maximum absolute atomic E-state index is 5.88. The molecule has 2 rings (SSSR count). The Kier molecular flexibility index (Phi) is 7.42. The zero-order chi connectivity index (χ0) is 19.0. The van der Waals surface area contributed by atoms with Gasteiger partial charge in [0.25, 0.3) is 0 Å². The van der Waals surface area contributed by atoms with Gasteiger partial charge in [0.15, 0.2) is 5.82 Å². The summed E-state index contributed by atoms with van der Waals surface area (Å²) in [5.41, 5.74) is 2.25. The normalized spacial score (nSPS) is 11.3. The second-order valence-electron chi connectivity index (χ2n) is 7.60. The van der Waals surface area contributed by atoms with Gasteiger partial charge in [0.2, 0.25) is 0 Å². The molecule has 1 aromatic heterocycles. The molecule has 0 saturated carbocycles. The Balaban J connectivity index is 2.22. The predicted octanol–water partition coefficient (Wildman–Crippen LogP) is 5.04. The van der Waals surface area contributed by atoms with Crippen LogP contribution in [0.3, 0.4) is 0 Å². The molecule has 0 radical (unpaired) electrons. The molecule has 1 heterocycles. The van der Waals surface area contributed by atoms with Crippen LogP contribution in [-0.2, 0) is 11.5 Å². The second kappa shape index (κ2) is 9.55. The first-order chi connectivity index (χ1) is 12.4. The van der Waals surface area contributed by atoms with Crippen LogP contribution < -0.4 is 4.90 Å². The third-order valence-corrected chi connectivity index (χ3v) is 5.75. The summed E-state index contributed by atoms with van der Waals surface area (Å²) in [5.74, 6) is 0.935. The van der Waals surface area contributed by atoms with Crippen molar-refractivity contribution in [2.45, 2.75) is 32.4 Å². The van der Waals surface area contributed by atoms with Gasteiger partial charge >= 0.3 is 0 Å². The summed E-state index contributed by atoms with van der Waals surface area (Å²) in [4.78, 5) is 2.17. The van der Waals surface area contributed by atoms with Crippen molar-refractivity contribution in [2.75, 3.05) is 24.6 Å². The Hall–Kier alpha value is -2.11. The summed E-state index contributed by atoms with van der Waals surface area (Å²) >= 11 is 0. The predicted molar refractivity (Wildman–Crippen MR) is 114 cm³/mol. The molecule has 0 bridgehead atoms. The number of hydrogen-bond acceptors (Lipinski definition) is 3. The lowest BCUT2D eigenvalue weighted by molar-refractivity contribution is 0.0787. The molecule has 0 aliphatic carbocycles. The van der Waals surface area contributed by atoms with Gasteiger partial charge in [-0.2, -0.15) is 5.10 Å². The zero-order valence-electron chi connectivity index (χ0n) is 16.3. The van der Waals surface area contributed by atoms with Crippen molar-refractivity contribution in [2.24, 2.45) is 0 Å². The van der Waals surface area contributed by atoms with E-state index in [1.807, 2.05) is 35.0 Å². The molecule has 0 saturated heterocycles. The summed E-state index contributed by atoms with van der Waals surface area (Å²) < 4.78 is 7.77. The SMILES string of the molecule is C=CCN(CC=C)c1nn(COCC[Si](C)(C)C)cc1-c1ccccc1. The van der Waals surface area contributed by atoms with Gasteiger partial charge in [-0.25, -0.2) is 4.68 Å². The maximum Gasteiger partial charge on any atom is 0.159 e. The molecule has 2 aromatic rings. The highest BCUT2D eigenvalue weighted by molar-refractivity contribution is 6.76. The Morgan fingerprint density at radius 3 is 2.35 bits per heavy atom. The minimum absolute atomic E-state index is 0.473. The summed E-state index contributed by atoms with van der Waals surface area (Å²) in [6.45, 7) is 17.5. The van der Waals surface area contributed by atoms with Crippen LogP contribution in [0.5, 0.6) is 0 Å². The molecule has 26 heavy (non-hydrogen) atoms. The van der Waals surface area contributed by atoms with Crippen LogP contribution in [0.25, 0.3) is 11.1 Å². The average molecular weight is 370 g/mol. The van der Waals surface area contributed by atoms with Crippen LogP contribution in [0, 0.1) is 0 Å². The molecule has 1 aromatic carbocycles. The van der Waals surface area contributed by atoms with Crippen molar-refractivity contribution in [3.8, 4) is 11.1 Å². The van der Waals surface area contributed by atoms with E-state index >= 15 is 0 Å². The van der Waals surface area contributed by atoms with Crippen LogP contribution in [0.2, 0.25) is 25.7 Å². The summed E-state index contributed by atoms with van der Waals surface area (Å²) in [6.07, 6.45) is 5.85. The molecule has 0 N–H and O–H groups in total. The van der Waals surface area contributed by atoms with Crippen molar-refractivity contribution in [1.29, 1.82) is 0 Å². The smallest absolute Gasteiger partial charge is 0.159 e. The first-order valence-electron chi connectivity index (χ1n) is 9.12. The molecule has 0 unspecified atom stereocenters. The molecule has 0 spiro atoms. The van der Waals surface area contributed by atoms with Crippen LogP contribution >= 0.6 is 0 Å². The number of aromatic nitrogens is 2. The summed E-state index contributed by atoms with van der Waals surface area (Å²) in [5, 5.41) is 4.79. The highest BCUT2D eigenvalue weighted by atomic mass is 28.3. The lowest BCUT2D eigenvalue weighted by Gasteiger charge is -2.20. The van der Waals surface area contributed by atoms with Crippen molar-refractivity contribution in [3.63, 3.8) is 0 Å². The molecule has 0 fully saturated rings. The monoisotopic (exact) mass is 369 g/mol. The number of ether oxygens (including phenoxy) is 1. The Morgan fingerprint density at radius 2 is 1.77 bits per heavy atom. The van der Waals surface area contributed by atoms with Crippen LogP contribution in [0.1, 0.15) is 0 Å². The molecular weight excluding hydrogens is 338 g/mol. The van der Waals surface area contributed by atoms with Gasteiger partial charge in [0.05, 0.1) is 0 Å². The molecule has 4 nitrogen and oxygen atoms in total. The van der Waals surface area contributed by atoms with E-state index in [-0.39, 0.29) is 0 Å². The third-order valence-electron chi connectivity index (χ3n) is 4.05. The fourth-order valence-corrected chi connectivity index (χ4v) is 3.38. The standard InChI is InChI=1S/C21H31N3OSi/c1-6-13-23(14-7-2)21-20(19-11-9-8-10-12-19)17-24(22-21)18-25-15-16-26(3,4)5/h6-12,17H,1-2,13-16,18H2,3-5H3. The van der Waals surface area contributed by atoms with E-state index < -0.39 is 8.07 Å². The van der Waals surface area contributed by atoms with Crippen molar-refractivity contribution in [1.82, 2.24) is 9.78 Å². The summed E-state index contributed by atoms with van der Waals surface area (Å²) in [7, 11) is -1.08. The molecule has 0 aliphatic rings. The number of hydrogen-bond donors (Lipinski definition) is 0. The van der Waals surface area contributed by atoms with Gasteiger partial charge in [-0.15, -0.1) is 13.2 Å². The van der Waals surface area contributed by atoms with E-state index in [9.17, 15) is 0 Å². The van der Waals surface area contributed by atoms with Crippen LogP contribution in [0.4, 0.5) is 5.82 Å². The molecule has 0 aliphatic heterocycles. The van der Waals surface area contributed by atoms with Gasteiger partial charge in [0.1, 0.15) is 6.73 Å². The van der Waals surface area contributed by atoms with Crippen LogP contribution in [-0.4, -0.2) is 37.6 Å². The van der Waals surface area contributed by atoms with Gasteiger partial charge in [-0.05, 0) is 11.6 Å². The average Bonchev–Trinajstić information content (AvgIpc) is 3.03. The topological polar surface area (TPSA) is 30.3 Å². The van der Waals surface area contributed by atoms with Crippen LogP contribution in [0.15, 0.2) is 61.8 Å². The Bertz CT molecular complexity index is 694. The zero-order valence-corrected chi connectivity index (χ0v) is 17.3. The lowest BCUT2D eigenvalue weighted by atomic mass is 10.1. The quantitative estimate of drug-likeness (QED) is 0.316. The first kappa shape index (κ1) is 20.2. The van der Waals surface area contributed by atoms with E-state index in [0.717, 1.165) is 42.7 Å². The van der Waals surface area contributed by atoms with Crippen molar-refractivity contribution < 1.29 is 4.74 Å². The van der Waals surface area contributed by atoms with Gasteiger partial charge in [-0.1, -0.05) is 62.1 Å². The second-order valence-corrected chi connectivity index (χ2v) is 13.2. The van der Waals surface area contributed by atoms with Crippen molar-refractivity contribution in [3.05, 3.63) is 61.8 Å². The number of rotatable bonds is 11. The number of benzene rings is 1. The fraction of sp³-hybridized carbons (Fsp3) is 0.381. The minimum atomic E-state index is -1.08. The van der Waals surface area contributed by atoms with E-state index in [1.54, 1.807) is 0 Å². The first-order valence-corrected chi connectivity index (χ1v) is 12.8. The fourth-order valence-electron chi connectivity index (χ4n) is 2.63. The highest BCUT2D eigenvalue weighted by Crippen LogP contribution is 2.29. The minimum Gasteiger partial charge on any atom is -0.360 e. The van der Waals surface area contributed by atoms with E-state index in [4.69, 9.17) is 9.84 Å². The highest BCUT2D eigenvalue weighted by Gasteiger charge is 2.17. The number of nitrogens with zero attached hydrogens (tertiary/aromatic N) is 3. The maximum atomic E-state index is 5.88. The van der Waals surface area contributed by atoms with Gasteiger partial charge in [0, 0.05) is 39.5 Å². The van der Waals surface area contributed by atoms with Gasteiger partial charge in [-0.3, -0.25) is 0 Å². The molecule has 0 amide bonds. The van der Waals surface area contributed by atoms with E-state index in [2.05, 4.69) is 56.0 Å². The van der Waals surface area contributed by atoms with Gasteiger partial charge < -0.3 is 9.64 Å². The molecule has 5 heteroatoms.